The first-order chi connectivity index (χ1) is 30.0. The molecule has 296 valence electrons. The Labute approximate surface area is 359 Å². The smallest absolute Gasteiger partial charge is 0.0541 e. The molecule has 8 aromatic carbocycles. The molecule has 0 amide bonds. The first-order valence-electron chi connectivity index (χ1n) is 22.7. The summed E-state index contributed by atoms with van der Waals surface area (Å²) in [5.74, 6) is 3.29. The molecule has 1 heterocycles. The Morgan fingerprint density at radius 2 is 0.967 bits per heavy atom. The molecular formula is C59H50N2. The van der Waals surface area contributed by atoms with E-state index in [9.17, 15) is 0 Å². The Balaban J connectivity index is 0.932. The van der Waals surface area contributed by atoms with Gasteiger partial charge in [-0.15, -0.1) is 0 Å². The third-order valence-corrected chi connectivity index (χ3v) is 16.0. The second kappa shape index (κ2) is 13.1. The van der Waals surface area contributed by atoms with Crippen molar-refractivity contribution in [2.75, 3.05) is 4.90 Å². The molecule has 0 radical (unpaired) electrons. The van der Waals surface area contributed by atoms with E-state index in [0.29, 0.717) is 0 Å². The highest BCUT2D eigenvalue weighted by molar-refractivity contribution is 6.09. The van der Waals surface area contributed by atoms with E-state index in [1.807, 2.05) is 0 Å². The third kappa shape index (κ3) is 5.03. The average molecular weight is 787 g/mol. The maximum absolute atomic E-state index is 2.60. The fourth-order valence-electron chi connectivity index (χ4n) is 13.7. The number of hydrogen-bond donors (Lipinski definition) is 0. The predicted molar refractivity (Wildman–Crippen MR) is 255 cm³/mol. The Bertz CT molecular complexity index is 3090. The molecule has 1 aromatic heterocycles. The number of anilines is 3. The Morgan fingerprint density at radius 3 is 1.64 bits per heavy atom. The zero-order valence-electron chi connectivity index (χ0n) is 35.1. The quantitative estimate of drug-likeness (QED) is 0.169. The van der Waals surface area contributed by atoms with Crippen LogP contribution in [0.1, 0.15) is 68.2 Å². The summed E-state index contributed by atoms with van der Waals surface area (Å²) in [6.45, 7) is 4.97. The van der Waals surface area contributed by atoms with Crippen LogP contribution in [0, 0.1) is 23.7 Å². The van der Waals surface area contributed by atoms with Crippen LogP contribution in [0.15, 0.2) is 182 Å². The van der Waals surface area contributed by atoms with E-state index in [2.05, 4.69) is 205 Å². The summed E-state index contributed by atoms with van der Waals surface area (Å²) in [7, 11) is 0. The van der Waals surface area contributed by atoms with Crippen LogP contribution in [0.25, 0.3) is 49.4 Å². The van der Waals surface area contributed by atoms with Crippen LogP contribution in [0.4, 0.5) is 17.1 Å². The van der Waals surface area contributed by atoms with E-state index in [-0.39, 0.29) is 10.8 Å². The van der Waals surface area contributed by atoms with Gasteiger partial charge >= 0.3 is 0 Å². The van der Waals surface area contributed by atoms with Crippen molar-refractivity contribution in [1.29, 1.82) is 0 Å². The van der Waals surface area contributed by atoms with Crippen molar-refractivity contribution >= 4 is 49.6 Å². The van der Waals surface area contributed by atoms with Crippen molar-refractivity contribution in [3.63, 3.8) is 0 Å². The summed E-state index contributed by atoms with van der Waals surface area (Å²) in [6.07, 6.45) is 7.02. The highest BCUT2D eigenvalue weighted by atomic mass is 15.1. The maximum atomic E-state index is 2.60. The van der Waals surface area contributed by atoms with Gasteiger partial charge in [0.05, 0.1) is 16.7 Å². The van der Waals surface area contributed by atoms with Crippen LogP contribution in [-0.2, 0) is 10.8 Å². The van der Waals surface area contributed by atoms with Crippen LogP contribution in [0.5, 0.6) is 0 Å². The SMILES string of the molecule is CC1(C)c2ccccc2C2(c3ccc(N(c4ccc(-c5ccc(-n6c7ccccc7c7ccccc76)cc5)cc4)c4cccc5ccccc45)cc31)C1CC3CC(C1)CC2C3. The molecule has 0 unspecified atom stereocenters. The maximum Gasteiger partial charge on any atom is 0.0541 e. The molecule has 0 atom stereocenters. The summed E-state index contributed by atoms with van der Waals surface area (Å²) in [6, 6.07) is 68.8. The fraction of sp³-hybridized carbons (Fsp3) is 0.220. The van der Waals surface area contributed by atoms with Crippen LogP contribution in [0.2, 0.25) is 0 Å². The summed E-state index contributed by atoms with van der Waals surface area (Å²) in [5, 5.41) is 5.08. The Hall–Kier alpha value is -6.38. The first kappa shape index (κ1) is 35.4. The van der Waals surface area contributed by atoms with Gasteiger partial charge in [0, 0.05) is 44.1 Å². The molecule has 0 N–H and O–H groups in total. The Morgan fingerprint density at radius 1 is 0.443 bits per heavy atom. The van der Waals surface area contributed by atoms with E-state index in [0.717, 1.165) is 23.7 Å². The normalized spacial score (nSPS) is 23.1. The summed E-state index contributed by atoms with van der Waals surface area (Å²) in [5.41, 5.74) is 16.0. The zero-order valence-corrected chi connectivity index (χ0v) is 35.1. The molecule has 61 heavy (non-hydrogen) atoms. The molecule has 2 nitrogen and oxygen atoms in total. The number of fused-ring (bicyclic) bond motifs is 6. The van der Waals surface area contributed by atoms with Crippen LogP contribution < -0.4 is 4.90 Å². The van der Waals surface area contributed by atoms with Gasteiger partial charge in [-0.2, -0.15) is 0 Å². The van der Waals surface area contributed by atoms with E-state index in [4.69, 9.17) is 0 Å². The van der Waals surface area contributed by atoms with Gasteiger partial charge in [-0.1, -0.05) is 141 Å². The van der Waals surface area contributed by atoms with Crippen molar-refractivity contribution in [3.05, 3.63) is 204 Å². The minimum atomic E-state index is -0.123. The lowest BCUT2D eigenvalue weighted by Crippen LogP contribution is -2.58. The van der Waals surface area contributed by atoms with Crippen molar-refractivity contribution in [3.8, 4) is 16.8 Å². The van der Waals surface area contributed by atoms with Gasteiger partial charge < -0.3 is 9.47 Å². The van der Waals surface area contributed by atoms with E-state index >= 15 is 0 Å². The highest BCUT2D eigenvalue weighted by Gasteiger charge is 2.62. The molecule has 4 fully saturated rings. The lowest BCUT2D eigenvalue weighted by atomic mass is 9.39. The topological polar surface area (TPSA) is 8.17 Å². The fourth-order valence-corrected chi connectivity index (χ4v) is 13.7. The number of nitrogens with zero attached hydrogens (tertiary/aromatic N) is 2. The molecule has 0 saturated heterocycles. The number of rotatable bonds is 5. The molecule has 5 aliphatic rings. The molecule has 0 aliphatic heterocycles. The monoisotopic (exact) mass is 786 g/mol. The van der Waals surface area contributed by atoms with Gasteiger partial charge in [0.1, 0.15) is 0 Å². The Kier molecular flexibility index (Phi) is 7.58. The van der Waals surface area contributed by atoms with Gasteiger partial charge in [-0.05, 0) is 149 Å². The number of hydrogen-bond acceptors (Lipinski definition) is 1. The van der Waals surface area contributed by atoms with Gasteiger partial charge in [0.25, 0.3) is 0 Å². The molecule has 5 aliphatic carbocycles. The second-order valence-corrected chi connectivity index (χ2v) is 19.4. The van der Waals surface area contributed by atoms with Gasteiger partial charge in [0.2, 0.25) is 0 Å². The minimum absolute atomic E-state index is 0.108. The first-order valence-corrected chi connectivity index (χ1v) is 22.7. The third-order valence-electron chi connectivity index (χ3n) is 16.0. The summed E-state index contributed by atoms with van der Waals surface area (Å²) >= 11 is 0. The van der Waals surface area contributed by atoms with Gasteiger partial charge in [-0.25, -0.2) is 0 Å². The largest absolute Gasteiger partial charge is 0.310 e. The molecule has 9 aromatic rings. The van der Waals surface area contributed by atoms with Crippen molar-refractivity contribution in [2.24, 2.45) is 23.7 Å². The standard InChI is InChI=1S/C59H50N2/c1-58(2)51-17-7-8-18-52(51)59(43-33-38-32-39(35-43)36-44(59)34-38)53-31-30-47(37-54(53)58)60(55-21-11-13-42-12-3-4-14-48(42)55)45-26-22-40(23-27-45)41-24-28-46(29-25-41)61-56-19-9-5-15-49(56)50-16-6-10-20-57(50)61/h3-31,37-39,43-44H,32-36H2,1-2H3. The number of aromatic nitrogens is 1. The summed E-state index contributed by atoms with van der Waals surface area (Å²) < 4.78 is 2.39. The van der Waals surface area contributed by atoms with E-state index in [1.165, 1.54) is 110 Å². The summed E-state index contributed by atoms with van der Waals surface area (Å²) in [4.78, 5) is 2.53. The van der Waals surface area contributed by atoms with Crippen LogP contribution in [0.3, 0.4) is 0 Å². The number of para-hydroxylation sites is 2. The average Bonchev–Trinajstić information content (AvgIpc) is 3.64. The molecule has 4 saturated carbocycles. The lowest BCUT2D eigenvalue weighted by Gasteiger charge is -2.64. The van der Waals surface area contributed by atoms with Crippen LogP contribution >= 0.6 is 0 Å². The number of benzene rings is 8. The molecule has 4 bridgehead atoms. The second-order valence-electron chi connectivity index (χ2n) is 19.4. The molecule has 2 heteroatoms. The van der Waals surface area contributed by atoms with Crippen molar-refractivity contribution in [1.82, 2.24) is 4.57 Å². The molecule has 1 spiro atoms. The minimum Gasteiger partial charge on any atom is -0.310 e. The van der Waals surface area contributed by atoms with E-state index < -0.39 is 0 Å². The van der Waals surface area contributed by atoms with E-state index in [1.54, 1.807) is 11.1 Å². The van der Waals surface area contributed by atoms with Gasteiger partial charge in [-0.3, -0.25) is 0 Å². The van der Waals surface area contributed by atoms with Gasteiger partial charge in [0.15, 0.2) is 0 Å². The van der Waals surface area contributed by atoms with Crippen molar-refractivity contribution in [2.45, 2.75) is 56.8 Å². The molecular weight excluding hydrogens is 737 g/mol. The van der Waals surface area contributed by atoms with Crippen LogP contribution in [-0.4, -0.2) is 4.57 Å². The van der Waals surface area contributed by atoms with Crippen molar-refractivity contribution < 1.29 is 0 Å². The molecule has 14 rings (SSSR count). The lowest BCUT2D eigenvalue weighted by molar-refractivity contribution is -0.0443. The predicted octanol–water partition coefficient (Wildman–Crippen LogP) is 15.5. The highest BCUT2D eigenvalue weighted by Crippen LogP contribution is 2.69. The zero-order chi connectivity index (χ0) is 40.5.